The summed E-state index contributed by atoms with van der Waals surface area (Å²) in [6.07, 6.45) is -0.121. The Kier molecular flexibility index (Phi) is 4.15. The van der Waals surface area contributed by atoms with E-state index in [1.54, 1.807) is 12.1 Å². The van der Waals surface area contributed by atoms with E-state index in [0.717, 1.165) is 5.56 Å². The van der Waals surface area contributed by atoms with Crippen molar-refractivity contribution in [1.82, 2.24) is 0 Å². The van der Waals surface area contributed by atoms with Gasteiger partial charge in [-0.05, 0) is 24.1 Å². The Labute approximate surface area is 99.0 Å². The van der Waals surface area contributed by atoms with Gasteiger partial charge in [-0.1, -0.05) is 17.7 Å². The molecule has 0 aromatic heterocycles. The van der Waals surface area contributed by atoms with Crippen LogP contribution in [-0.2, 0) is 4.79 Å². The van der Waals surface area contributed by atoms with Crippen molar-refractivity contribution in [2.45, 2.75) is 19.4 Å². The molecule has 0 fully saturated rings. The summed E-state index contributed by atoms with van der Waals surface area (Å²) in [4.78, 5) is 10.6. The average Bonchev–Trinajstić information content (AvgIpc) is 2.20. The molecule has 1 atom stereocenters. The highest BCUT2D eigenvalue weighted by Crippen LogP contribution is 2.31. The van der Waals surface area contributed by atoms with Crippen LogP contribution in [0.3, 0.4) is 0 Å². The lowest BCUT2D eigenvalue weighted by Crippen LogP contribution is -2.15. The third kappa shape index (κ3) is 2.87. The van der Waals surface area contributed by atoms with Crippen molar-refractivity contribution in [3.05, 3.63) is 28.3 Å². The molecule has 0 heterocycles. The van der Waals surface area contributed by atoms with E-state index in [1.807, 2.05) is 6.92 Å². The van der Waals surface area contributed by atoms with E-state index in [0.29, 0.717) is 16.3 Å². The van der Waals surface area contributed by atoms with Crippen molar-refractivity contribution in [3.63, 3.8) is 0 Å². The van der Waals surface area contributed by atoms with E-state index in [-0.39, 0.29) is 6.42 Å². The second-order valence-electron chi connectivity index (χ2n) is 3.56. The Morgan fingerprint density at radius 1 is 1.62 bits per heavy atom. The quantitative estimate of drug-likeness (QED) is 0.850. The highest BCUT2D eigenvalue weighted by Gasteiger charge is 2.14. The van der Waals surface area contributed by atoms with E-state index >= 15 is 0 Å². The number of nitrogens with two attached hydrogens (primary N) is 1. The average molecular weight is 244 g/mol. The molecule has 0 bridgehead atoms. The van der Waals surface area contributed by atoms with Crippen molar-refractivity contribution < 1.29 is 14.6 Å². The van der Waals surface area contributed by atoms with Gasteiger partial charge in [0.05, 0.1) is 18.6 Å². The largest absolute Gasteiger partial charge is 0.495 e. The summed E-state index contributed by atoms with van der Waals surface area (Å²) >= 11 is 5.99. The Morgan fingerprint density at radius 2 is 2.25 bits per heavy atom. The molecule has 4 nitrogen and oxygen atoms in total. The van der Waals surface area contributed by atoms with Crippen LogP contribution in [0.25, 0.3) is 0 Å². The van der Waals surface area contributed by atoms with Crippen LogP contribution in [0.2, 0.25) is 5.02 Å². The van der Waals surface area contributed by atoms with Crippen molar-refractivity contribution in [1.29, 1.82) is 0 Å². The second-order valence-corrected chi connectivity index (χ2v) is 3.94. The minimum absolute atomic E-state index is 0.121. The molecule has 0 spiro atoms. The van der Waals surface area contributed by atoms with Gasteiger partial charge in [0.2, 0.25) is 0 Å². The Balaban J connectivity index is 3.05. The van der Waals surface area contributed by atoms with Gasteiger partial charge in [0.25, 0.3) is 0 Å². The number of aryl methyl sites for hydroxylation is 1. The van der Waals surface area contributed by atoms with Gasteiger partial charge in [-0.2, -0.15) is 0 Å². The van der Waals surface area contributed by atoms with E-state index in [4.69, 9.17) is 27.2 Å². The third-order valence-corrected chi connectivity index (χ3v) is 2.77. The van der Waals surface area contributed by atoms with Crippen LogP contribution < -0.4 is 10.5 Å². The van der Waals surface area contributed by atoms with Crippen molar-refractivity contribution in [2.24, 2.45) is 5.73 Å². The molecule has 0 saturated heterocycles. The summed E-state index contributed by atoms with van der Waals surface area (Å²) < 4.78 is 5.09. The van der Waals surface area contributed by atoms with Crippen LogP contribution in [0.1, 0.15) is 23.6 Å². The van der Waals surface area contributed by atoms with Gasteiger partial charge in [-0.15, -0.1) is 0 Å². The third-order valence-electron chi connectivity index (χ3n) is 2.29. The zero-order chi connectivity index (χ0) is 12.3. The number of carbonyl (C=O) groups is 1. The summed E-state index contributed by atoms with van der Waals surface area (Å²) in [5, 5.41) is 9.18. The molecule has 0 saturated carbocycles. The van der Waals surface area contributed by atoms with E-state index in [1.165, 1.54) is 7.11 Å². The molecular weight excluding hydrogens is 230 g/mol. The number of hydrogen-bond donors (Lipinski definition) is 2. The van der Waals surface area contributed by atoms with Gasteiger partial charge < -0.3 is 15.6 Å². The van der Waals surface area contributed by atoms with Crippen LogP contribution in [0.15, 0.2) is 12.1 Å². The molecule has 1 rings (SSSR count). The fourth-order valence-electron chi connectivity index (χ4n) is 1.43. The molecule has 0 aliphatic carbocycles. The van der Waals surface area contributed by atoms with Crippen LogP contribution >= 0.6 is 11.6 Å². The number of ether oxygens (including phenoxy) is 1. The minimum atomic E-state index is -0.931. The molecule has 1 unspecified atom stereocenters. The first-order valence-electron chi connectivity index (χ1n) is 4.77. The zero-order valence-electron chi connectivity index (χ0n) is 9.16. The molecule has 0 radical (unpaired) electrons. The van der Waals surface area contributed by atoms with E-state index in [2.05, 4.69) is 0 Å². The summed E-state index contributed by atoms with van der Waals surface area (Å²) in [7, 11) is 1.51. The molecule has 0 amide bonds. The SMILES string of the molecule is COc1cc(C(N)CC(=O)O)cc(C)c1Cl. The van der Waals surface area contributed by atoms with Gasteiger partial charge in [-0.3, -0.25) is 4.79 Å². The first-order valence-corrected chi connectivity index (χ1v) is 5.15. The number of halogens is 1. The number of carboxylic acid groups (broad SMARTS) is 1. The van der Waals surface area contributed by atoms with Gasteiger partial charge >= 0.3 is 5.97 Å². The lowest BCUT2D eigenvalue weighted by Gasteiger charge is -2.13. The molecule has 5 heteroatoms. The maximum absolute atomic E-state index is 10.6. The van der Waals surface area contributed by atoms with Crippen LogP contribution in [0, 0.1) is 6.92 Å². The molecule has 16 heavy (non-hydrogen) atoms. The van der Waals surface area contributed by atoms with Crippen molar-refractivity contribution in [2.75, 3.05) is 7.11 Å². The molecule has 3 N–H and O–H groups in total. The number of rotatable bonds is 4. The highest BCUT2D eigenvalue weighted by atomic mass is 35.5. The van der Waals surface area contributed by atoms with Crippen LogP contribution in [0.4, 0.5) is 0 Å². The topological polar surface area (TPSA) is 72.5 Å². The normalized spacial score (nSPS) is 12.2. The zero-order valence-corrected chi connectivity index (χ0v) is 9.91. The van der Waals surface area contributed by atoms with E-state index < -0.39 is 12.0 Å². The molecule has 0 aliphatic heterocycles. The van der Waals surface area contributed by atoms with Crippen LogP contribution in [0.5, 0.6) is 5.75 Å². The summed E-state index contributed by atoms with van der Waals surface area (Å²) in [5.74, 6) is -0.420. The highest BCUT2D eigenvalue weighted by molar-refractivity contribution is 6.32. The lowest BCUT2D eigenvalue weighted by atomic mass is 10.0. The molecule has 1 aromatic carbocycles. The summed E-state index contributed by atoms with van der Waals surface area (Å²) in [5.41, 5.74) is 7.28. The maximum atomic E-state index is 10.6. The number of carboxylic acids is 1. The monoisotopic (exact) mass is 243 g/mol. The number of methoxy groups -OCH3 is 1. The fourth-order valence-corrected chi connectivity index (χ4v) is 1.62. The Hall–Kier alpha value is -1.26. The fraction of sp³-hybridized carbons (Fsp3) is 0.364. The molecule has 88 valence electrons. The number of hydrogen-bond acceptors (Lipinski definition) is 3. The summed E-state index contributed by atoms with van der Waals surface area (Å²) in [6, 6.07) is 2.89. The Morgan fingerprint density at radius 3 is 2.75 bits per heavy atom. The first-order chi connectivity index (χ1) is 7.45. The molecule has 1 aromatic rings. The molecular formula is C11H14ClNO3. The van der Waals surface area contributed by atoms with Crippen LogP contribution in [-0.4, -0.2) is 18.2 Å². The Bertz CT molecular complexity index is 406. The maximum Gasteiger partial charge on any atom is 0.305 e. The van der Waals surface area contributed by atoms with Gasteiger partial charge in [-0.25, -0.2) is 0 Å². The standard InChI is InChI=1S/C11H14ClNO3/c1-6-3-7(8(13)5-10(14)15)4-9(16-2)11(6)12/h3-4,8H,5,13H2,1-2H3,(H,14,15). The summed E-state index contributed by atoms with van der Waals surface area (Å²) in [6.45, 7) is 1.82. The first kappa shape index (κ1) is 12.8. The second kappa shape index (κ2) is 5.18. The van der Waals surface area contributed by atoms with E-state index in [9.17, 15) is 4.79 Å². The molecule has 0 aliphatic rings. The predicted molar refractivity (Wildman–Crippen MR) is 61.9 cm³/mol. The minimum Gasteiger partial charge on any atom is -0.495 e. The smallest absolute Gasteiger partial charge is 0.305 e. The lowest BCUT2D eigenvalue weighted by molar-refractivity contribution is -0.137. The van der Waals surface area contributed by atoms with Gasteiger partial charge in [0.1, 0.15) is 5.75 Å². The predicted octanol–water partition coefficient (Wildman–Crippen LogP) is 2.13. The van der Waals surface area contributed by atoms with Crippen molar-refractivity contribution >= 4 is 17.6 Å². The number of benzene rings is 1. The number of aliphatic carboxylic acids is 1. The van der Waals surface area contributed by atoms with Gasteiger partial charge in [0, 0.05) is 6.04 Å². The van der Waals surface area contributed by atoms with Crippen molar-refractivity contribution in [3.8, 4) is 5.75 Å². The van der Waals surface area contributed by atoms with Gasteiger partial charge in [0.15, 0.2) is 0 Å².